The highest BCUT2D eigenvalue weighted by atomic mass is 16.2. The van der Waals surface area contributed by atoms with E-state index in [0.29, 0.717) is 23.5 Å². The van der Waals surface area contributed by atoms with Gasteiger partial charge >= 0.3 is 0 Å². The topological polar surface area (TPSA) is 58.1 Å². The second kappa shape index (κ2) is 6.41. The van der Waals surface area contributed by atoms with Crippen molar-refractivity contribution < 1.29 is 4.79 Å². The molecule has 2 atom stereocenters. The molecule has 0 aromatic carbocycles. The molecule has 0 bridgehead atoms. The van der Waals surface area contributed by atoms with Gasteiger partial charge in [-0.2, -0.15) is 0 Å². The summed E-state index contributed by atoms with van der Waals surface area (Å²) >= 11 is 0. The zero-order valence-electron chi connectivity index (χ0n) is 12.7. The van der Waals surface area contributed by atoms with E-state index in [4.69, 9.17) is 0 Å². The van der Waals surface area contributed by atoms with Crippen LogP contribution in [0.4, 0.5) is 5.82 Å². The van der Waals surface area contributed by atoms with E-state index in [2.05, 4.69) is 20.2 Å². The van der Waals surface area contributed by atoms with E-state index in [0.717, 1.165) is 25.9 Å². The molecule has 0 radical (unpaired) electrons. The van der Waals surface area contributed by atoms with Crippen LogP contribution in [0.25, 0.3) is 0 Å². The average molecular weight is 288 g/mol. The van der Waals surface area contributed by atoms with Crippen LogP contribution in [-0.4, -0.2) is 39.9 Å². The van der Waals surface area contributed by atoms with Gasteiger partial charge in [-0.15, -0.1) is 0 Å². The van der Waals surface area contributed by atoms with E-state index < -0.39 is 0 Å². The largest absolute Gasteiger partial charge is 0.369 e. The summed E-state index contributed by atoms with van der Waals surface area (Å²) in [5.41, 5.74) is 0.472. The lowest BCUT2D eigenvalue weighted by Gasteiger charge is -2.44. The Morgan fingerprint density at radius 2 is 2.10 bits per heavy atom. The molecule has 5 nitrogen and oxygen atoms in total. The summed E-state index contributed by atoms with van der Waals surface area (Å²) in [5, 5.41) is 3.12. The molecular weight excluding hydrogens is 264 g/mol. The van der Waals surface area contributed by atoms with E-state index in [1.165, 1.54) is 25.7 Å². The molecule has 0 unspecified atom stereocenters. The number of piperidine rings is 1. The zero-order chi connectivity index (χ0) is 14.7. The van der Waals surface area contributed by atoms with Crippen LogP contribution in [0.3, 0.4) is 0 Å². The lowest BCUT2D eigenvalue weighted by atomic mass is 9.78. The second-order valence-electron chi connectivity index (χ2n) is 6.07. The lowest BCUT2D eigenvalue weighted by Crippen LogP contribution is -2.49. The first-order valence-corrected chi connectivity index (χ1v) is 8.16. The molecule has 1 N–H and O–H groups in total. The number of amides is 1. The fraction of sp³-hybridized carbons (Fsp3) is 0.688. The smallest absolute Gasteiger partial charge is 0.274 e. The Morgan fingerprint density at radius 1 is 1.29 bits per heavy atom. The number of nitrogens with one attached hydrogen (secondary N) is 1. The number of hydrogen-bond donors (Lipinski definition) is 1. The number of carbonyl (C=O) groups is 1. The highest BCUT2D eigenvalue weighted by molar-refractivity contribution is 5.92. The number of likely N-dealkylation sites (tertiary alicyclic amines) is 1. The van der Waals surface area contributed by atoms with Gasteiger partial charge in [-0.25, -0.2) is 4.98 Å². The number of aromatic nitrogens is 2. The van der Waals surface area contributed by atoms with Gasteiger partial charge in [0.2, 0.25) is 0 Å². The van der Waals surface area contributed by atoms with Gasteiger partial charge in [0.15, 0.2) is 0 Å². The van der Waals surface area contributed by atoms with E-state index in [-0.39, 0.29) is 5.91 Å². The molecule has 1 saturated heterocycles. The first kappa shape index (κ1) is 14.3. The maximum absolute atomic E-state index is 12.8. The number of fused-ring (bicyclic) bond motifs is 1. The van der Waals surface area contributed by atoms with Crippen molar-refractivity contribution in [3.05, 3.63) is 18.1 Å². The van der Waals surface area contributed by atoms with Gasteiger partial charge in [-0.05, 0) is 38.5 Å². The summed E-state index contributed by atoms with van der Waals surface area (Å²) in [6.45, 7) is 3.65. The van der Waals surface area contributed by atoms with Gasteiger partial charge in [0, 0.05) is 19.1 Å². The van der Waals surface area contributed by atoms with Crippen LogP contribution in [0.15, 0.2) is 12.4 Å². The predicted octanol–water partition coefficient (Wildman–Crippen LogP) is 2.70. The molecule has 1 amide bonds. The zero-order valence-corrected chi connectivity index (χ0v) is 12.7. The summed E-state index contributed by atoms with van der Waals surface area (Å²) < 4.78 is 0. The van der Waals surface area contributed by atoms with Gasteiger partial charge in [0.25, 0.3) is 5.91 Å². The molecule has 1 saturated carbocycles. The van der Waals surface area contributed by atoms with Gasteiger partial charge in [0.05, 0.1) is 12.4 Å². The normalized spacial score (nSPS) is 25.3. The minimum absolute atomic E-state index is 0.0545. The maximum Gasteiger partial charge on any atom is 0.274 e. The highest BCUT2D eigenvalue weighted by Crippen LogP contribution is 2.35. The average Bonchev–Trinajstić information content (AvgIpc) is 2.54. The fourth-order valence-corrected chi connectivity index (χ4v) is 3.76. The third kappa shape index (κ3) is 3.01. The van der Waals surface area contributed by atoms with Crippen LogP contribution in [0.1, 0.15) is 55.9 Å². The summed E-state index contributed by atoms with van der Waals surface area (Å²) in [6, 6.07) is 0.421. The van der Waals surface area contributed by atoms with E-state index in [9.17, 15) is 4.79 Å². The lowest BCUT2D eigenvalue weighted by molar-refractivity contribution is 0.0385. The van der Waals surface area contributed by atoms with Gasteiger partial charge in [-0.3, -0.25) is 9.78 Å². The SMILES string of the molecule is CCNc1cncc(C(=O)N2CCC[C@H]3CCCC[C@H]32)n1. The maximum atomic E-state index is 12.8. The fourth-order valence-electron chi connectivity index (χ4n) is 3.76. The summed E-state index contributed by atoms with van der Waals surface area (Å²) in [6.07, 6.45) is 10.6. The van der Waals surface area contributed by atoms with Crippen LogP contribution in [-0.2, 0) is 0 Å². The highest BCUT2D eigenvalue weighted by Gasteiger charge is 2.36. The van der Waals surface area contributed by atoms with Crippen molar-refractivity contribution in [1.82, 2.24) is 14.9 Å². The molecule has 1 aromatic heterocycles. The molecule has 5 heteroatoms. The van der Waals surface area contributed by atoms with E-state index in [1.54, 1.807) is 12.4 Å². The Balaban J connectivity index is 1.78. The van der Waals surface area contributed by atoms with Crippen molar-refractivity contribution >= 4 is 11.7 Å². The quantitative estimate of drug-likeness (QED) is 0.929. The van der Waals surface area contributed by atoms with Crippen LogP contribution >= 0.6 is 0 Å². The third-order valence-corrected chi connectivity index (χ3v) is 4.72. The van der Waals surface area contributed by atoms with E-state index in [1.807, 2.05) is 6.92 Å². The van der Waals surface area contributed by atoms with Crippen LogP contribution < -0.4 is 5.32 Å². The number of hydrogen-bond acceptors (Lipinski definition) is 4. The monoisotopic (exact) mass is 288 g/mol. The predicted molar refractivity (Wildman–Crippen MR) is 82.2 cm³/mol. The third-order valence-electron chi connectivity index (χ3n) is 4.72. The molecule has 2 fully saturated rings. The first-order valence-electron chi connectivity index (χ1n) is 8.16. The summed E-state index contributed by atoms with van der Waals surface area (Å²) in [7, 11) is 0. The number of rotatable bonds is 3. The molecule has 2 heterocycles. The Labute approximate surface area is 126 Å². The Kier molecular flexibility index (Phi) is 4.36. The van der Waals surface area contributed by atoms with Crippen molar-refractivity contribution in [2.45, 2.75) is 51.5 Å². The van der Waals surface area contributed by atoms with Crippen molar-refractivity contribution in [2.24, 2.45) is 5.92 Å². The molecule has 114 valence electrons. The number of carbonyl (C=O) groups excluding carboxylic acids is 1. The van der Waals surface area contributed by atoms with Crippen LogP contribution in [0.2, 0.25) is 0 Å². The Hall–Kier alpha value is -1.65. The Bertz CT molecular complexity index is 503. The van der Waals surface area contributed by atoms with Crippen LogP contribution in [0, 0.1) is 5.92 Å². The molecule has 1 aromatic rings. The molecule has 21 heavy (non-hydrogen) atoms. The number of nitrogens with zero attached hydrogens (tertiary/aromatic N) is 3. The minimum Gasteiger partial charge on any atom is -0.369 e. The van der Waals surface area contributed by atoms with Crippen molar-refractivity contribution in [3.8, 4) is 0 Å². The molecule has 3 rings (SSSR count). The standard InChI is InChI=1S/C16H24N4O/c1-2-18-15-11-17-10-13(19-15)16(21)20-9-5-7-12-6-3-4-8-14(12)20/h10-12,14H,2-9H2,1H3,(H,18,19)/t12-,14-/m1/s1. The summed E-state index contributed by atoms with van der Waals surface area (Å²) in [5.74, 6) is 1.43. The first-order chi connectivity index (χ1) is 10.3. The minimum atomic E-state index is 0.0545. The van der Waals surface area contributed by atoms with Crippen molar-refractivity contribution in [3.63, 3.8) is 0 Å². The summed E-state index contributed by atoms with van der Waals surface area (Å²) in [4.78, 5) is 23.4. The van der Waals surface area contributed by atoms with Gasteiger partial charge in [-0.1, -0.05) is 12.8 Å². The molecule has 1 aliphatic carbocycles. The molecule has 1 aliphatic heterocycles. The van der Waals surface area contributed by atoms with Crippen molar-refractivity contribution in [2.75, 3.05) is 18.4 Å². The molecule has 0 spiro atoms. The van der Waals surface area contributed by atoms with Crippen LogP contribution in [0.5, 0.6) is 0 Å². The Morgan fingerprint density at radius 3 is 2.95 bits per heavy atom. The van der Waals surface area contributed by atoms with Gasteiger partial charge < -0.3 is 10.2 Å². The molecular formula is C16H24N4O. The second-order valence-corrected chi connectivity index (χ2v) is 6.07. The van der Waals surface area contributed by atoms with Gasteiger partial charge in [0.1, 0.15) is 11.5 Å². The van der Waals surface area contributed by atoms with Crippen molar-refractivity contribution in [1.29, 1.82) is 0 Å². The molecule has 2 aliphatic rings. The van der Waals surface area contributed by atoms with E-state index >= 15 is 0 Å². The number of anilines is 1.